The minimum Gasteiger partial charge on any atom is -0.365 e. The SMILES string of the molecule is CCCNC(=O)c1nnn2c1COC(c1ccc(Cl)cc1)C2. The Bertz CT molecular complexity index is 669. The van der Waals surface area contributed by atoms with Gasteiger partial charge in [-0.2, -0.15) is 0 Å². The van der Waals surface area contributed by atoms with E-state index in [1.54, 1.807) is 4.68 Å². The predicted molar refractivity (Wildman–Crippen MR) is 81.6 cm³/mol. The Morgan fingerprint density at radius 3 is 2.95 bits per heavy atom. The van der Waals surface area contributed by atoms with E-state index < -0.39 is 0 Å². The summed E-state index contributed by atoms with van der Waals surface area (Å²) in [6.45, 7) is 3.47. The molecule has 1 aromatic carbocycles. The molecule has 7 heteroatoms. The fourth-order valence-corrected chi connectivity index (χ4v) is 2.52. The van der Waals surface area contributed by atoms with Crippen LogP contribution in [0.1, 0.15) is 41.2 Å². The molecule has 0 fully saturated rings. The molecule has 3 rings (SSSR count). The molecule has 1 aromatic heterocycles. The summed E-state index contributed by atoms with van der Waals surface area (Å²) in [6.07, 6.45) is 0.766. The number of carbonyl (C=O) groups excluding carboxylic acids is 1. The van der Waals surface area contributed by atoms with Crippen molar-refractivity contribution in [3.8, 4) is 0 Å². The van der Waals surface area contributed by atoms with E-state index in [9.17, 15) is 4.79 Å². The zero-order valence-corrected chi connectivity index (χ0v) is 13.0. The van der Waals surface area contributed by atoms with Crippen LogP contribution in [0.25, 0.3) is 0 Å². The third kappa shape index (κ3) is 2.98. The standard InChI is InChI=1S/C15H17ClN4O2/c1-2-7-17-15(21)14-12-9-22-13(8-20(12)19-18-14)10-3-5-11(16)6-4-10/h3-6,13H,2,7-9H2,1H3,(H,17,21). The number of hydrogen-bond donors (Lipinski definition) is 1. The summed E-state index contributed by atoms with van der Waals surface area (Å²) in [6, 6.07) is 7.54. The molecule has 2 aromatic rings. The maximum absolute atomic E-state index is 12.0. The lowest BCUT2D eigenvalue weighted by molar-refractivity contribution is -0.00176. The van der Waals surface area contributed by atoms with Crippen LogP contribution in [0.3, 0.4) is 0 Å². The largest absolute Gasteiger partial charge is 0.365 e. The van der Waals surface area contributed by atoms with Crippen molar-refractivity contribution in [2.75, 3.05) is 6.54 Å². The summed E-state index contributed by atoms with van der Waals surface area (Å²) in [7, 11) is 0. The van der Waals surface area contributed by atoms with Gasteiger partial charge in [-0.1, -0.05) is 35.9 Å². The van der Waals surface area contributed by atoms with Gasteiger partial charge in [0.1, 0.15) is 6.10 Å². The Kier molecular flexibility index (Phi) is 4.40. The molecule has 1 atom stereocenters. The number of nitrogens with zero attached hydrogens (tertiary/aromatic N) is 3. The van der Waals surface area contributed by atoms with Crippen molar-refractivity contribution in [2.45, 2.75) is 32.6 Å². The summed E-state index contributed by atoms with van der Waals surface area (Å²) in [5, 5.41) is 11.6. The van der Waals surface area contributed by atoms with E-state index in [2.05, 4.69) is 15.6 Å². The van der Waals surface area contributed by atoms with Gasteiger partial charge in [0.2, 0.25) is 0 Å². The highest BCUT2D eigenvalue weighted by Crippen LogP contribution is 2.27. The van der Waals surface area contributed by atoms with E-state index in [-0.39, 0.29) is 12.0 Å². The first-order valence-corrected chi connectivity index (χ1v) is 7.64. The maximum Gasteiger partial charge on any atom is 0.273 e. The average molecular weight is 321 g/mol. The molecule has 0 saturated heterocycles. The number of carbonyl (C=O) groups is 1. The van der Waals surface area contributed by atoms with Crippen LogP contribution >= 0.6 is 11.6 Å². The monoisotopic (exact) mass is 320 g/mol. The second-order valence-corrected chi connectivity index (χ2v) is 5.61. The van der Waals surface area contributed by atoms with Crippen molar-refractivity contribution in [1.29, 1.82) is 0 Å². The summed E-state index contributed by atoms with van der Waals surface area (Å²) >= 11 is 5.90. The predicted octanol–water partition coefficient (Wildman–Crippen LogP) is 2.34. The molecule has 1 N–H and O–H groups in total. The van der Waals surface area contributed by atoms with E-state index in [4.69, 9.17) is 16.3 Å². The van der Waals surface area contributed by atoms with E-state index in [1.165, 1.54) is 0 Å². The van der Waals surface area contributed by atoms with E-state index in [0.29, 0.717) is 30.4 Å². The number of halogens is 1. The number of nitrogens with one attached hydrogen (secondary N) is 1. The van der Waals surface area contributed by atoms with Crippen molar-refractivity contribution in [1.82, 2.24) is 20.3 Å². The van der Waals surface area contributed by atoms with Gasteiger partial charge in [-0.25, -0.2) is 4.68 Å². The van der Waals surface area contributed by atoms with Gasteiger partial charge in [-0.05, 0) is 24.1 Å². The van der Waals surface area contributed by atoms with Crippen LogP contribution in [0.15, 0.2) is 24.3 Å². The highest BCUT2D eigenvalue weighted by molar-refractivity contribution is 6.30. The topological polar surface area (TPSA) is 69.0 Å². The van der Waals surface area contributed by atoms with Gasteiger partial charge in [-0.15, -0.1) is 5.10 Å². The number of fused-ring (bicyclic) bond motifs is 1. The molecule has 22 heavy (non-hydrogen) atoms. The minimum absolute atomic E-state index is 0.113. The summed E-state index contributed by atoms with van der Waals surface area (Å²) in [4.78, 5) is 12.0. The Labute approximate surface area is 133 Å². The fourth-order valence-electron chi connectivity index (χ4n) is 2.39. The molecule has 0 radical (unpaired) electrons. The quantitative estimate of drug-likeness (QED) is 0.938. The highest BCUT2D eigenvalue weighted by Gasteiger charge is 2.27. The van der Waals surface area contributed by atoms with E-state index in [1.807, 2.05) is 31.2 Å². The molecular weight excluding hydrogens is 304 g/mol. The Hall–Kier alpha value is -1.92. The first-order valence-electron chi connectivity index (χ1n) is 7.26. The van der Waals surface area contributed by atoms with Crippen LogP contribution in [0.5, 0.6) is 0 Å². The summed E-state index contributed by atoms with van der Waals surface area (Å²) < 4.78 is 7.60. The third-order valence-electron chi connectivity index (χ3n) is 3.59. The molecule has 0 aliphatic carbocycles. The number of rotatable bonds is 4. The number of aromatic nitrogens is 3. The highest BCUT2D eigenvalue weighted by atomic mass is 35.5. The first kappa shape index (κ1) is 15.0. The van der Waals surface area contributed by atoms with Crippen LogP contribution < -0.4 is 5.32 Å². The van der Waals surface area contributed by atoms with Crippen LogP contribution in [0.2, 0.25) is 5.02 Å². The fraction of sp³-hybridized carbons (Fsp3) is 0.400. The molecule has 1 unspecified atom stereocenters. The van der Waals surface area contributed by atoms with Gasteiger partial charge in [0, 0.05) is 11.6 Å². The lowest BCUT2D eigenvalue weighted by Gasteiger charge is -2.24. The molecule has 0 bridgehead atoms. The molecular formula is C15H17ClN4O2. The lowest BCUT2D eigenvalue weighted by Crippen LogP contribution is -2.28. The normalized spacial score (nSPS) is 17.1. The van der Waals surface area contributed by atoms with Gasteiger partial charge in [0.05, 0.1) is 18.8 Å². The zero-order chi connectivity index (χ0) is 15.5. The molecule has 6 nitrogen and oxygen atoms in total. The smallest absolute Gasteiger partial charge is 0.273 e. The summed E-state index contributed by atoms with van der Waals surface area (Å²) in [5.74, 6) is -0.198. The van der Waals surface area contributed by atoms with Crippen LogP contribution in [0, 0.1) is 0 Å². The number of hydrogen-bond acceptors (Lipinski definition) is 4. The van der Waals surface area contributed by atoms with Crippen molar-refractivity contribution in [3.63, 3.8) is 0 Å². The number of benzene rings is 1. The average Bonchev–Trinajstić information content (AvgIpc) is 2.96. The van der Waals surface area contributed by atoms with Gasteiger partial charge in [-0.3, -0.25) is 4.79 Å². The minimum atomic E-state index is -0.198. The molecule has 1 aliphatic heterocycles. The van der Waals surface area contributed by atoms with Crippen LogP contribution in [-0.4, -0.2) is 27.4 Å². The van der Waals surface area contributed by atoms with Crippen molar-refractivity contribution in [3.05, 3.63) is 46.2 Å². The molecule has 1 aliphatic rings. The Balaban J connectivity index is 1.76. The third-order valence-corrected chi connectivity index (χ3v) is 3.84. The van der Waals surface area contributed by atoms with Gasteiger partial charge >= 0.3 is 0 Å². The van der Waals surface area contributed by atoms with Crippen molar-refractivity contribution in [2.24, 2.45) is 0 Å². The van der Waals surface area contributed by atoms with Crippen molar-refractivity contribution >= 4 is 17.5 Å². The Morgan fingerprint density at radius 1 is 1.45 bits per heavy atom. The van der Waals surface area contributed by atoms with E-state index in [0.717, 1.165) is 17.7 Å². The second-order valence-electron chi connectivity index (χ2n) is 5.17. The number of amides is 1. The molecule has 1 amide bonds. The molecule has 0 spiro atoms. The number of ether oxygens (including phenoxy) is 1. The van der Waals surface area contributed by atoms with E-state index >= 15 is 0 Å². The van der Waals surface area contributed by atoms with Crippen molar-refractivity contribution < 1.29 is 9.53 Å². The molecule has 2 heterocycles. The van der Waals surface area contributed by atoms with Crippen LogP contribution in [0.4, 0.5) is 0 Å². The Morgan fingerprint density at radius 2 is 2.23 bits per heavy atom. The maximum atomic E-state index is 12.0. The first-order chi connectivity index (χ1) is 10.7. The van der Waals surface area contributed by atoms with Crippen LogP contribution in [-0.2, 0) is 17.9 Å². The van der Waals surface area contributed by atoms with Gasteiger partial charge in [0.15, 0.2) is 5.69 Å². The summed E-state index contributed by atoms with van der Waals surface area (Å²) in [5.41, 5.74) is 2.10. The lowest BCUT2D eigenvalue weighted by atomic mass is 10.1. The molecule has 0 saturated carbocycles. The van der Waals surface area contributed by atoms with Gasteiger partial charge in [0.25, 0.3) is 5.91 Å². The molecule has 116 valence electrons. The van der Waals surface area contributed by atoms with Gasteiger partial charge < -0.3 is 10.1 Å². The zero-order valence-electron chi connectivity index (χ0n) is 12.3. The second kappa shape index (κ2) is 6.46.